The van der Waals surface area contributed by atoms with Gasteiger partial charge in [-0.2, -0.15) is 0 Å². The molecule has 0 unspecified atom stereocenters. The fourth-order valence-electron chi connectivity index (χ4n) is 2.90. The third kappa shape index (κ3) is 3.67. The van der Waals surface area contributed by atoms with Crippen LogP contribution in [0.15, 0.2) is 61.1 Å². The van der Waals surface area contributed by atoms with Crippen LogP contribution in [0.3, 0.4) is 0 Å². The number of ether oxygens (including phenoxy) is 1. The van der Waals surface area contributed by atoms with Crippen molar-refractivity contribution in [3.05, 3.63) is 95.1 Å². The van der Waals surface area contributed by atoms with E-state index in [1.807, 2.05) is 6.07 Å². The van der Waals surface area contributed by atoms with Gasteiger partial charge in [-0.15, -0.1) is 0 Å². The van der Waals surface area contributed by atoms with Crippen molar-refractivity contribution < 1.29 is 18.3 Å². The summed E-state index contributed by atoms with van der Waals surface area (Å²) >= 11 is 0. The zero-order valence-electron chi connectivity index (χ0n) is 14.4. The molecule has 1 aliphatic heterocycles. The first kappa shape index (κ1) is 17.6. The minimum absolute atomic E-state index is 0.340. The molecule has 138 valence electrons. The minimum atomic E-state index is -1.01. The van der Waals surface area contributed by atoms with Crippen LogP contribution in [0, 0.1) is 23.5 Å². The maximum absolute atomic E-state index is 13.6. The number of aromatic nitrogens is 2. The van der Waals surface area contributed by atoms with Gasteiger partial charge < -0.3 is 10.1 Å². The summed E-state index contributed by atoms with van der Waals surface area (Å²) in [5, 5.41) is 2.68. The highest BCUT2D eigenvalue weighted by Crippen LogP contribution is 2.37. The molecule has 0 saturated carbocycles. The molecule has 4 rings (SSSR count). The highest BCUT2D eigenvalue weighted by molar-refractivity contribution is 5.71. The number of carbonyl (C=O) groups excluding carboxylic acids is 1. The quantitative estimate of drug-likeness (QED) is 0.692. The molecule has 7 heteroatoms. The van der Waals surface area contributed by atoms with Gasteiger partial charge in [-0.25, -0.2) is 18.6 Å². The van der Waals surface area contributed by atoms with Gasteiger partial charge in [0.1, 0.15) is 11.7 Å². The molecular formula is C21H13F2N3O2. The number of alkyl carbamates (subject to hydrolysis) is 1. The number of rotatable bonds is 2. The Balaban J connectivity index is 1.64. The average Bonchev–Trinajstić information content (AvgIpc) is 3.11. The Labute approximate surface area is 159 Å². The van der Waals surface area contributed by atoms with Crippen LogP contribution in [0.25, 0.3) is 0 Å². The lowest BCUT2D eigenvalue weighted by Crippen LogP contribution is -2.20. The van der Waals surface area contributed by atoms with Crippen LogP contribution in [-0.4, -0.2) is 16.1 Å². The average molecular weight is 377 g/mol. The van der Waals surface area contributed by atoms with Gasteiger partial charge in [0, 0.05) is 24.2 Å². The maximum atomic E-state index is 13.6. The molecule has 3 heterocycles. The Bertz CT molecular complexity index is 1090. The summed E-state index contributed by atoms with van der Waals surface area (Å²) in [4.78, 5) is 20.1. The molecule has 2 atom stereocenters. The van der Waals surface area contributed by atoms with E-state index in [9.17, 15) is 13.6 Å². The molecule has 1 aromatic carbocycles. The van der Waals surface area contributed by atoms with E-state index < -0.39 is 29.9 Å². The van der Waals surface area contributed by atoms with Gasteiger partial charge in [0.15, 0.2) is 17.7 Å². The second kappa shape index (κ2) is 7.45. The van der Waals surface area contributed by atoms with Crippen LogP contribution in [-0.2, 0) is 4.74 Å². The molecule has 0 aliphatic carbocycles. The SMILES string of the molecule is O=C1N[C@H](c2cncc(C#Cc3ccccn3)c2)[C@@H](c2ccc(F)c(F)c2)O1. The molecule has 0 radical (unpaired) electrons. The van der Waals surface area contributed by atoms with Gasteiger partial charge in [0.25, 0.3) is 0 Å². The van der Waals surface area contributed by atoms with Crippen LogP contribution in [0.4, 0.5) is 13.6 Å². The van der Waals surface area contributed by atoms with Crippen molar-refractivity contribution in [3.8, 4) is 11.8 Å². The van der Waals surface area contributed by atoms with Crippen molar-refractivity contribution in [2.45, 2.75) is 12.1 Å². The van der Waals surface area contributed by atoms with Gasteiger partial charge in [0.05, 0.1) is 0 Å². The zero-order valence-corrected chi connectivity index (χ0v) is 14.4. The number of nitrogens with zero attached hydrogens (tertiary/aromatic N) is 2. The fraction of sp³-hybridized carbons (Fsp3) is 0.0952. The lowest BCUT2D eigenvalue weighted by atomic mass is 9.96. The van der Waals surface area contributed by atoms with Gasteiger partial charge >= 0.3 is 6.09 Å². The number of nitrogens with one attached hydrogen (secondary N) is 1. The molecule has 0 bridgehead atoms. The first-order valence-electron chi connectivity index (χ1n) is 8.40. The van der Waals surface area contributed by atoms with E-state index in [1.165, 1.54) is 6.07 Å². The third-order valence-electron chi connectivity index (χ3n) is 4.20. The number of pyridine rings is 2. The number of cyclic esters (lactones) is 1. The Hall–Kier alpha value is -3.79. The first-order chi connectivity index (χ1) is 13.6. The van der Waals surface area contributed by atoms with Gasteiger partial charge in [0.2, 0.25) is 0 Å². The number of benzene rings is 1. The Kier molecular flexibility index (Phi) is 4.68. The highest BCUT2D eigenvalue weighted by Gasteiger charge is 2.37. The molecule has 1 amide bonds. The van der Waals surface area contributed by atoms with Crippen molar-refractivity contribution in [2.24, 2.45) is 0 Å². The molecule has 5 nitrogen and oxygen atoms in total. The Morgan fingerprint density at radius 1 is 1.00 bits per heavy atom. The molecule has 1 saturated heterocycles. The number of hydrogen-bond donors (Lipinski definition) is 1. The van der Waals surface area contributed by atoms with Crippen molar-refractivity contribution in [1.29, 1.82) is 0 Å². The summed E-state index contributed by atoms with van der Waals surface area (Å²) in [6, 6.07) is 9.98. The summed E-state index contributed by atoms with van der Waals surface area (Å²) in [6.07, 6.45) is 3.34. The van der Waals surface area contributed by atoms with Crippen molar-refractivity contribution >= 4 is 6.09 Å². The standard InChI is InChI=1S/C21H13F2N3O2/c22-17-7-5-14(10-18(17)23)20-19(26-21(27)28-20)15-9-13(11-24-12-15)4-6-16-3-1-2-8-25-16/h1-3,5,7-12,19-20H,(H,26,27)/t19-,20-/m1/s1. The largest absolute Gasteiger partial charge is 0.439 e. The van der Waals surface area contributed by atoms with E-state index in [0.717, 1.165) is 12.1 Å². The van der Waals surface area contributed by atoms with Crippen LogP contribution in [0.5, 0.6) is 0 Å². The van der Waals surface area contributed by atoms with Crippen LogP contribution >= 0.6 is 0 Å². The van der Waals surface area contributed by atoms with Gasteiger partial charge in [-0.1, -0.05) is 18.1 Å². The molecule has 1 aliphatic rings. The molecule has 1 fully saturated rings. The van der Waals surface area contributed by atoms with E-state index in [-0.39, 0.29) is 0 Å². The van der Waals surface area contributed by atoms with E-state index in [0.29, 0.717) is 22.4 Å². The predicted octanol–water partition coefficient (Wildman–Crippen LogP) is 3.68. The normalized spacial score (nSPS) is 18.0. The second-order valence-electron chi connectivity index (χ2n) is 6.09. The van der Waals surface area contributed by atoms with Crippen molar-refractivity contribution in [1.82, 2.24) is 15.3 Å². The molecule has 0 spiro atoms. The minimum Gasteiger partial charge on any atom is -0.439 e. The second-order valence-corrected chi connectivity index (χ2v) is 6.09. The van der Waals surface area contributed by atoms with Gasteiger partial charge in [-0.05, 0) is 47.4 Å². The summed E-state index contributed by atoms with van der Waals surface area (Å²) in [5.74, 6) is 3.93. The summed E-state index contributed by atoms with van der Waals surface area (Å²) < 4.78 is 32.1. The summed E-state index contributed by atoms with van der Waals surface area (Å²) in [5.41, 5.74) is 2.21. The van der Waals surface area contributed by atoms with Crippen molar-refractivity contribution in [2.75, 3.05) is 0 Å². The smallest absolute Gasteiger partial charge is 0.408 e. The highest BCUT2D eigenvalue weighted by atomic mass is 19.2. The first-order valence-corrected chi connectivity index (χ1v) is 8.40. The molecule has 3 aromatic rings. The monoisotopic (exact) mass is 377 g/mol. The number of amides is 1. The third-order valence-corrected chi connectivity index (χ3v) is 4.20. The Morgan fingerprint density at radius 3 is 2.68 bits per heavy atom. The van der Waals surface area contributed by atoms with Gasteiger partial charge in [-0.3, -0.25) is 4.98 Å². The number of carbonyl (C=O) groups is 1. The van der Waals surface area contributed by atoms with E-state index >= 15 is 0 Å². The van der Waals surface area contributed by atoms with E-state index in [4.69, 9.17) is 4.74 Å². The summed E-state index contributed by atoms with van der Waals surface area (Å²) in [6.45, 7) is 0. The Morgan fingerprint density at radius 2 is 1.89 bits per heavy atom. The lowest BCUT2D eigenvalue weighted by Gasteiger charge is -2.17. The lowest BCUT2D eigenvalue weighted by molar-refractivity contribution is 0.132. The van der Waals surface area contributed by atoms with Crippen LogP contribution in [0.2, 0.25) is 0 Å². The number of hydrogen-bond acceptors (Lipinski definition) is 4. The molecule has 1 N–H and O–H groups in total. The van der Waals surface area contributed by atoms with Crippen LogP contribution < -0.4 is 5.32 Å². The molecular weight excluding hydrogens is 364 g/mol. The fourth-order valence-corrected chi connectivity index (χ4v) is 2.90. The maximum Gasteiger partial charge on any atom is 0.408 e. The number of halogens is 2. The zero-order chi connectivity index (χ0) is 19.5. The van der Waals surface area contributed by atoms with Crippen LogP contribution in [0.1, 0.15) is 34.5 Å². The van der Waals surface area contributed by atoms with Crippen molar-refractivity contribution in [3.63, 3.8) is 0 Å². The topological polar surface area (TPSA) is 64.1 Å². The predicted molar refractivity (Wildman–Crippen MR) is 95.9 cm³/mol. The molecule has 28 heavy (non-hydrogen) atoms. The molecule has 2 aromatic heterocycles. The summed E-state index contributed by atoms with van der Waals surface area (Å²) in [7, 11) is 0. The van der Waals surface area contributed by atoms with E-state index in [1.54, 1.807) is 36.8 Å². The van der Waals surface area contributed by atoms with E-state index in [2.05, 4.69) is 27.1 Å².